The summed E-state index contributed by atoms with van der Waals surface area (Å²) >= 11 is 0. The van der Waals surface area contributed by atoms with Gasteiger partial charge < -0.3 is 19.6 Å². The largest absolute Gasteiger partial charge is 0.469 e. The monoisotopic (exact) mass is 253 g/mol. The Morgan fingerprint density at radius 2 is 2.28 bits per heavy atom. The van der Waals surface area contributed by atoms with Crippen molar-refractivity contribution < 1.29 is 14.3 Å². The van der Waals surface area contributed by atoms with Crippen molar-refractivity contribution in [3.05, 3.63) is 24.2 Å². The number of hydrogen-bond acceptors (Lipinski definition) is 4. The molecule has 0 spiro atoms. The molecule has 1 saturated carbocycles. The molecule has 1 aromatic rings. The van der Waals surface area contributed by atoms with Crippen LogP contribution in [0.15, 0.2) is 22.8 Å². The van der Waals surface area contributed by atoms with E-state index in [1.54, 1.807) is 6.26 Å². The molecule has 1 aliphatic carbocycles. The summed E-state index contributed by atoms with van der Waals surface area (Å²) in [5.41, 5.74) is 0. The Bertz CT molecular complexity index is 307. The van der Waals surface area contributed by atoms with E-state index in [9.17, 15) is 5.11 Å². The summed E-state index contributed by atoms with van der Waals surface area (Å²) in [7, 11) is 0. The molecule has 0 bridgehead atoms. The number of aliphatic hydroxyl groups excluding tert-OH is 1. The van der Waals surface area contributed by atoms with Crippen LogP contribution in [0.25, 0.3) is 0 Å². The first-order valence-electron chi connectivity index (χ1n) is 6.87. The molecule has 1 aliphatic rings. The number of hydrogen-bond donors (Lipinski definition) is 2. The summed E-state index contributed by atoms with van der Waals surface area (Å²) in [6.07, 6.45) is 7.33. The molecular weight excluding hydrogens is 230 g/mol. The van der Waals surface area contributed by atoms with E-state index < -0.39 is 6.10 Å². The smallest absolute Gasteiger partial charge is 0.105 e. The fourth-order valence-corrected chi connectivity index (χ4v) is 2.30. The molecule has 1 atom stereocenters. The summed E-state index contributed by atoms with van der Waals surface area (Å²) < 4.78 is 10.9. The Morgan fingerprint density at radius 3 is 3.00 bits per heavy atom. The highest BCUT2D eigenvalue weighted by molar-refractivity contribution is 4.98. The lowest BCUT2D eigenvalue weighted by Crippen LogP contribution is -2.32. The molecule has 1 aromatic heterocycles. The first-order valence-corrected chi connectivity index (χ1v) is 6.87. The van der Waals surface area contributed by atoms with E-state index in [0.717, 1.165) is 31.6 Å². The molecule has 0 aromatic carbocycles. The number of nitrogens with one attached hydrogen (secondary N) is 1. The fraction of sp³-hybridized carbons (Fsp3) is 0.714. The van der Waals surface area contributed by atoms with Crippen LogP contribution in [0.3, 0.4) is 0 Å². The fourth-order valence-electron chi connectivity index (χ4n) is 2.30. The zero-order valence-corrected chi connectivity index (χ0v) is 10.8. The van der Waals surface area contributed by atoms with Crippen LogP contribution in [0.5, 0.6) is 0 Å². The van der Waals surface area contributed by atoms with Crippen molar-refractivity contribution in [1.29, 1.82) is 0 Å². The predicted molar refractivity (Wildman–Crippen MR) is 69.5 cm³/mol. The molecule has 2 N–H and O–H groups in total. The van der Waals surface area contributed by atoms with Gasteiger partial charge in [0, 0.05) is 19.5 Å². The molecule has 1 fully saturated rings. The maximum absolute atomic E-state index is 9.76. The zero-order valence-electron chi connectivity index (χ0n) is 10.8. The van der Waals surface area contributed by atoms with Gasteiger partial charge in [-0.25, -0.2) is 0 Å². The third-order valence-corrected chi connectivity index (χ3v) is 3.33. The van der Waals surface area contributed by atoms with Crippen molar-refractivity contribution in [3.8, 4) is 0 Å². The third kappa shape index (κ3) is 4.80. The number of furan rings is 1. The van der Waals surface area contributed by atoms with Gasteiger partial charge in [-0.1, -0.05) is 12.8 Å². The summed E-state index contributed by atoms with van der Waals surface area (Å²) in [4.78, 5) is 0. The van der Waals surface area contributed by atoms with Crippen molar-refractivity contribution in [2.45, 2.75) is 44.3 Å². The molecule has 4 heteroatoms. The van der Waals surface area contributed by atoms with Crippen molar-refractivity contribution >= 4 is 0 Å². The Labute approximate surface area is 108 Å². The van der Waals surface area contributed by atoms with Crippen LogP contribution in [-0.4, -0.2) is 37.0 Å². The molecule has 1 heterocycles. The molecule has 0 radical (unpaired) electrons. The van der Waals surface area contributed by atoms with Crippen LogP contribution in [0, 0.1) is 0 Å². The first kappa shape index (κ1) is 13.6. The predicted octanol–water partition coefficient (Wildman–Crippen LogP) is 1.73. The molecule has 4 nitrogen and oxygen atoms in total. The average molecular weight is 253 g/mol. The lowest BCUT2D eigenvalue weighted by molar-refractivity contribution is -0.00532. The van der Waals surface area contributed by atoms with E-state index in [2.05, 4.69) is 5.32 Å². The highest BCUT2D eigenvalue weighted by Crippen LogP contribution is 2.20. The van der Waals surface area contributed by atoms with Gasteiger partial charge in [0.1, 0.15) is 5.76 Å². The molecule has 2 rings (SSSR count). The van der Waals surface area contributed by atoms with E-state index in [-0.39, 0.29) is 0 Å². The summed E-state index contributed by atoms with van der Waals surface area (Å²) in [6, 6.07) is 3.85. The van der Waals surface area contributed by atoms with E-state index in [1.807, 2.05) is 12.1 Å². The van der Waals surface area contributed by atoms with Crippen LogP contribution in [0.4, 0.5) is 0 Å². The standard InChI is InChI=1S/C14H23NO3/c16-12(11-18-13-4-1-2-5-13)10-15-8-7-14-6-3-9-17-14/h3,6,9,12-13,15-16H,1-2,4-5,7-8,10-11H2. The summed E-state index contributed by atoms with van der Waals surface area (Å²) in [5, 5.41) is 13.0. The number of rotatable bonds is 8. The van der Waals surface area contributed by atoms with E-state index in [0.29, 0.717) is 19.3 Å². The van der Waals surface area contributed by atoms with Gasteiger partial charge >= 0.3 is 0 Å². The molecule has 0 amide bonds. The van der Waals surface area contributed by atoms with Crippen LogP contribution in [0.1, 0.15) is 31.4 Å². The van der Waals surface area contributed by atoms with Gasteiger partial charge in [0.2, 0.25) is 0 Å². The van der Waals surface area contributed by atoms with Crippen LogP contribution < -0.4 is 5.32 Å². The second-order valence-electron chi connectivity index (χ2n) is 4.93. The molecular formula is C14H23NO3. The van der Waals surface area contributed by atoms with E-state index in [4.69, 9.17) is 9.15 Å². The Hall–Kier alpha value is -0.840. The van der Waals surface area contributed by atoms with Gasteiger partial charge in [-0.05, 0) is 25.0 Å². The minimum absolute atomic E-state index is 0.378. The highest BCUT2D eigenvalue weighted by Gasteiger charge is 2.16. The maximum Gasteiger partial charge on any atom is 0.105 e. The quantitative estimate of drug-likeness (QED) is 0.693. The lowest BCUT2D eigenvalue weighted by Gasteiger charge is -2.15. The van der Waals surface area contributed by atoms with Gasteiger partial charge in [-0.3, -0.25) is 0 Å². The minimum atomic E-state index is -0.415. The van der Waals surface area contributed by atoms with E-state index >= 15 is 0 Å². The minimum Gasteiger partial charge on any atom is -0.469 e. The SMILES string of the molecule is OC(CNCCc1ccco1)COC1CCCC1. The van der Waals surface area contributed by atoms with Crippen LogP contribution in [-0.2, 0) is 11.2 Å². The maximum atomic E-state index is 9.76. The Balaban J connectivity index is 1.47. The summed E-state index contributed by atoms with van der Waals surface area (Å²) in [6.45, 7) is 1.83. The molecule has 0 aliphatic heterocycles. The average Bonchev–Trinajstić information content (AvgIpc) is 3.04. The third-order valence-electron chi connectivity index (χ3n) is 3.33. The van der Waals surface area contributed by atoms with Gasteiger partial charge in [0.15, 0.2) is 0 Å². The van der Waals surface area contributed by atoms with Crippen molar-refractivity contribution in [1.82, 2.24) is 5.32 Å². The Morgan fingerprint density at radius 1 is 1.44 bits per heavy atom. The van der Waals surface area contributed by atoms with Crippen molar-refractivity contribution in [3.63, 3.8) is 0 Å². The van der Waals surface area contributed by atoms with Crippen LogP contribution >= 0.6 is 0 Å². The number of aliphatic hydroxyl groups is 1. The van der Waals surface area contributed by atoms with Gasteiger partial charge in [0.25, 0.3) is 0 Å². The van der Waals surface area contributed by atoms with Gasteiger partial charge in [-0.2, -0.15) is 0 Å². The molecule has 18 heavy (non-hydrogen) atoms. The Kier molecular flexibility index (Phi) is 5.71. The normalized spacial score (nSPS) is 18.3. The second-order valence-corrected chi connectivity index (χ2v) is 4.93. The second kappa shape index (κ2) is 7.56. The zero-order chi connectivity index (χ0) is 12.6. The van der Waals surface area contributed by atoms with Gasteiger partial charge in [0.05, 0.1) is 25.1 Å². The van der Waals surface area contributed by atoms with Crippen molar-refractivity contribution in [2.75, 3.05) is 19.7 Å². The topological polar surface area (TPSA) is 54.6 Å². The molecule has 102 valence electrons. The molecule has 1 unspecified atom stereocenters. The van der Waals surface area contributed by atoms with Crippen molar-refractivity contribution in [2.24, 2.45) is 0 Å². The first-order chi connectivity index (χ1) is 8.84. The highest BCUT2D eigenvalue weighted by atomic mass is 16.5. The molecule has 0 saturated heterocycles. The van der Waals surface area contributed by atoms with Gasteiger partial charge in [-0.15, -0.1) is 0 Å². The number of ether oxygens (including phenoxy) is 1. The van der Waals surface area contributed by atoms with Crippen LogP contribution in [0.2, 0.25) is 0 Å². The lowest BCUT2D eigenvalue weighted by atomic mass is 10.3. The summed E-state index contributed by atoms with van der Waals surface area (Å²) in [5.74, 6) is 0.971. The van der Waals surface area contributed by atoms with E-state index in [1.165, 1.54) is 12.8 Å².